The number of aryl methyl sites for hydroxylation is 1. The van der Waals surface area contributed by atoms with Crippen molar-refractivity contribution >= 4 is 22.8 Å². The molecule has 1 aromatic heterocycles. The summed E-state index contributed by atoms with van der Waals surface area (Å²) < 4.78 is 15.8. The molecule has 0 atom stereocenters. The van der Waals surface area contributed by atoms with Gasteiger partial charge in [0.1, 0.15) is 22.6 Å². The van der Waals surface area contributed by atoms with Crippen molar-refractivity contribution in [3.8, 4) is 11.5 Å². The van der Waals surface area contributed by atoms with Crippen LogP contribution in [-0.2, 0) is 11.2 Å². The fourth-order valence-corrected chi connectivity index (χ4v) is 2.56. The molecular weight excluding hydrogens is 350 g/mol. The number of esters is 1. The van der Waals surface area contributed by atoms with E-state index in [9.17, 15) is 14.4 Å². The van der Waals surface area contributed by atoms with E-state index in [4.69, 9.17) is 19.6 Å². The highest BCUT2D eigenvalue weighted by molar-refractivity contribution is 5.95. The molecule has 0 aliphatic heterocycles. The molecule has 3 rings (SSSR count). The van der Waals surface area contributed by atoms with Gasteiger partial charge in [-0.1, -0.05) is 25.1 Å². The second-order valence-corrected chi connectivity index (χ2v) is 5.74. The summed E-state index contributed by atoms with van der Waals surface area (Å²) in [7, 11) is 0. The van der Waals surface area contributed by atoms with Crippen LogP contribution in [0.4, 0.5) is 0 Å². The quantitative estimate of drug-likeness (QED) is 0.407. The zero-order valence-corrected chi connectivity index (χ0v) is 14.6. The Labute approximate surface area is 154 Å². The Bertz CT molecular complexity index is 1070. The van der Waals surface area contributed by atoms with Gasteiger partial charge < -0.3 is 19.6 Å². The predicted octanol–water partition coefficient (Wildman–Crippen LogP) is 2.44. The molecule has 0 aliphatic rings. The summed E-state index contributed by atoms with van der Waals surface area (Å²) in [5.74, 6) is -0.655. The number of nitrogens with two attached hydrogens (primary N) is 1. The van der Waals surface area contributed by atoms with E-state index in [1.807, 2.05) is 25.1 Å². The molecule has 7 heteroatoms. The van der Waals surface area contributed by atoms with Crippen LogP contribution >= 0.6 is 0 Å². The molecule has 0 unspecified atom stereocenters. The normalized spacial score (nSPS) is 10.6. The van der Waals surface area contributed by atoms with Crippen LogP contribution in [0.15, 0.2) is 57.7 Å². The molecule has 0 saturated carbocycles. The molecular formula is C20H17NO6. The van der Waals surface area contributed by atoms with Gasteiger partial charge in [0, 0.05) is 11.5 Å². The lowest BCUT2D eigenvalue weighted by Crippen LogP contribution is -2.20. The van der Waals surface area contributed by atoms with Crippen molar-refractivity contribution in [2.24, 2.45) is 5.73 Å². The first kappa shape index (κ1) is 18.2. The number of carbonyl (C=O) groups is 2. The Morgan fingerprint density at radius 3 is 2.63 bits per heavy atom. The van der Waals surface area contributed by atoms with Gasteiger partial charge in [0.25, 0.3) is 5.91 Å². The first-order valence-electron chi connectivity index (χ1n) is 8.27. The van der Waals surface area contributed by atoms with Gasteiger partial charge in [-0.15, -0.1) is 0 Å². The fraction of sp³-hybridized carbons (Fsp3) is 0.150. The first-order valence-corrected chi connectivity index (χ1v) is 8.27. The van der Waals surface area contributed by atoms with Crippen molar-refractivity contribution in [3.63, 3.8) is 0 Å². The molecule has 3 aromatic rings. The number of hydrogen-bond donors (Lipinski definition) is 1. The number of rotatable bonds is 6. The van der Waals surface area contributed by atoms with E-state index in [1.165, 1.54) is 18.2 Å². The average Bonchev–Trinajstić information content (AvgIpc) is 2.65. The number of amides is 1. The smallest absolute Gasteiger partial charge is 0.349 e. The zero-order chi connectivity index (χ0) is 19.4. The molecule has 0 aliphatic carbocycles. The van der Waals surface area contributed by atoms with Crippen LogP contribution in [0.25, 0.3) is 11.0 Å². The topological polar surface area (TPSA) is 109 Å². The summed E-state index contributed by atoms with van der Waals surface area (Å²) >= 11 is 0. The van der Waals surface area contributed by atoms with Gasteiger partial charge in [0.15, 0.2) is 6.61 Å². The molecule has 1 amide bonds. The predicted molar refractivity (Wildman–Crippen MR) is 98.0 cm³/mol. The van der Waals surface area contributed by atoms with Crippen molar-refractivity contribution in [2.45, 2.75) is 13.3 Å². The molecule has 2 N–H and O–H groups in total. The van der Waals surface area contributed by atoms with E-state index in [1.54, 1.807) is 12.1 Å². The maximum absolute atomic E-state index is 12.0. The largest absolute Gasteiger partial charge is 0.482 e. The first-order chi connectivity index (χ1) is 13.0. The molecule has 27 heavy (non-hydrogen) atoms. The monoisotopic (exact) mass is 367 g/mol. The molecule has 0 bridgehead atoms. The highest BCUT2D eigenvalue weighted by Crippen LogP contribution is 2.21. The molecule has 138 valence electrons. The molecule has 1 heterocycles. The highest BCUT2D eigenvalue weighted by Gasteiger charge is 2.13. The lowest BCUT2D eigenvalue weighted by atomic mass is 10.1. The van der Waals surface area contributed by atoms with Crippen molar-refractivity contribution in [2.75, 3.05) is 6.61 Å². The van der Waals surface area contributed by atoms with E-state index >= 15 is 0 Å². The number of carbonyl (C=O) groups excluding carboxylic acids is 2. The number of ether oxygens (including phenoxy) is 2. The van der Waals surface area contributed by atoms with Crippen LogP contribution in [0.1, 0.15) is 22.8 Å². The van der Waals surface area contributed by atoms with Crippen LogP contribution < -0.4 is 20.8 Å². The zero-order valence-electron chi connectivity index (χ0n) is 14.6. The highest BCUT2D eigenvalue weighted by atomic mass is 16.6. The average molecular weight is 367 g/mol. The summed E-state index contributed by atoms with van der Waals surface area (Å²) in [4.78, 5) is 35.0. The van der Waals surface area contributed by atoms with E-state index in [0.29, 0.717) is 11.1 Å². The fourth-order valence-electron chi connectivity index (χ4n) is 2.56. The van der Waals surface area contributed by atoms with Gasteiger partial charge in [-0.25, -0.2) is 9.59 Å². The van der Waals surface area contributed by atoms with E-state index < -0.39 is 17.5 Å². The summed E-state index contributed by atoms with van der Waals surface area (Å²) in [6.45, 7) is 1.73. The van der Waals surface area contributed by atoms with Gasteiger partial charge in [0.2, 0.25) is 0 Å². The Morgan fingerprint density at radius 1 is 1.11 bits per heavy atom. The van der Waals surface area contributed by atoms with Gasteiger partial charge in [0.05, 0.1) is 0 Å². The SMILES string of the molecule is CCc1ccccc1OCC(=O)Oc1ccc2cc(C(N)=O)c(=O)oc2c1. The van der Waals surface area contributed by atoms with Crippen LogP contribution in [0.2, 0.25) is 0 Å². The van der Waals surface area contributed by atoms with Gasteiger partial charge in [-0.05, 0) is 36.2 Å². The lowest BCUT2D eigenvalue weighted by Gasteiger charge is -2.10. The minimum absolute atomic E-state index is 0.174. The van der Waals surface area contributed by atoms with Crippen LogP contribution in [0.5, 0.6) is 11.5 Å². The van der Waals surface area contributed by atoms with Gasteiger partial charge in [-0.3, -0.25) is 4.79 Å². The second-order valence-electron chi connectivity index (χ2n) is 5.74. The number of primary amides is 1. The van der Waals surface area contributed by atoms with Crippen molar-refractivity contribution in [3.05, 3.63) is 70.1 Å². The van der Waals surface area contributed by atoms with Crippen molar-refractivity contribution < 1.29 is 23.5 Å². The van der Waals surface area contributed by atoms with Gasteiger partial charge in [-0.2, -0.15) is 0 Å². The van der Waals surface area contributed by atoms with Crippen LogP contribution in [0.3, 0.4) is 0 Å². The van der Waals surface area contributed by atoms with Crippen LogP contribution in [-0.4, -0.2) is 18.5 Å². The van der Waals surface area contributed by atoms with Gasteiger partial charge >= 0.3 is 11.6 Å². The van der Waals surface area contributed by atoms with E-state index in [-0.39, 0.29) is 23.5 Å². The standard InChI is InChI=1S/C20H17NO6/c1-2-12-5-3-4-6-16(12)25-11-18(22)26-14-8-7-13-9-15(19(21)23)20(24)27-17(13)10-14/h3-10H,2,11H2,1H3,(H2,21,23). The molecule has 0 saturated heterocycles. The maximum atomic E-state index is 12.0. The Hall–Kier alpha value is -3.61. The summed E-state index contributed by atoms with van der Waals surface area (Å²) in [6.07, 6.45) is 0.780. The van der Waals surface area contributed by atoms with Crippen LogP contribution in [0, 0.1) is 0 Å². The third-order valence-corrected chi connectivity index (χ3v) is 3.90. The molecule has 0 spiro atoms. The van der Waals surface area contributed by atoms with Crippen molar-refractivity contribution in [1.82, 2.24) is 0 Å². The maximum Gasteiger partial charge on any atom is 0.349 e. The minimum atomic E-state index is -0.870. The number of hydrogen-bond acceptors (Lipinski definition) is 6. The minimum Gasteiger partial charge on any atom is -0.482 e. The summed E-state index contributed by atoms with van der Waals surface area (Å²) in [6, 6.07) is 13.2. The molecule has 2 aromatic carbocycles. The third-order valence-electron chi connectivity index (χ3n) is 3.90. The van der Waals surface area contributed by atoms with E-state index in [0.717, 1.165) is 12.0 Å². The summed E-state index contributed by atoms with van der Waals surface area (Å²) in [5.41, 5.74) is 5.19. The van der Waals surface area contributed by atoms with E-state index in [2.05, 4.69) is 0 Å². The Kier molecular flexibility index (Phi) is 5.21. The lowest BCUT2D eigenvalue weighted by molar-refractivity contribution is -0.136. The molecule has 7 nitrogen and oxygen atoms in total. The van der Waals surface area contributed by atoms with Crippen molar-refractivity contribution in [1.29, 1.82) is 0 Å². The molecule has 0 radical (unpaired) electrons. The number of fused-ring (bicyclic) bond motifs is 1. The number of para-hydroxylation sites is 1. The summed E-state index contributed by atoms with van der Waals surface area (Å²) in [5, 5.41) is 0.483. The number of benzene rings is 2. The Balaban J connectivity index is 1.72. The molecule has 0 fully saturated rings. The second kappa shape index (κ2) is 7.74. The third kappa shape index (κ3) is 4.14. The Morgan fingerprint density at radius 2 is 1.89 bits per heavy atom.